The van der Waals surface area contributed by atoms with Crippen molar-refractivity contribution in [1.29, 1.82) is 0 Å². The number of benzene rings is 2. The number of ether oxygens (including phenoxy) is 1. The zero-order chi connectivity index (χ0) is 25.3. The van der Waals surface area contributed by atoms with Gasteiger partial charge < -0.3 is 19.9 Å². The summed E-state index contributed by atoms with van der Waals surface area (Å²) in [5, 5.41) is 6.27. The molecule has 2 N–H and O–H groups in total. The Kier molecular flexibility index (Phi) is 6.49. The third-order valence-electron chi connectivity index (χ3n) is 6.70. The molecule has 2 aromatic heterocycles. The highest BCUT2D eigenvalue weighted by Gasteiger charge is 2.19. The van der Waals surface area contributed by atoms with E-state index in [4.69, 9.17) is 9.72 Å². The number of amides is 1. The molecule has 1 fully saturated rings. The van der Waals surface area contributed by atoms with Crippen molar-refractivity contribution in [3.05, 3.63) is 83.4 Å². The van der Waals surface area contributed by atoms with Crippen molar-refractivity contribution in [2.45, 2.75) is 45.1 Å². The van der Waals surface area contributed by atoms with Crippen molar-refractivity contribution >= 4 is 16.9 Å². The minimum atomic E-state index is -0.186. The molecule has 1 saturated heterocycles. The number of nitrogens with one attached hydrogen (secondary N) is 2. The first kappa shape index (κ1) is 24.0. The van der Waals surface area contributed by atoms with Gasteiger partial charge in [-0.1, -0.05) is 45.0 Å². The summed E-state index contributed by atoms with van der Waals surface area (Å²) < 4.78 is 8.22. The van der Waals surface area contributed by atoms with E-state index in [9.17, 15) is 4.79 Å². The van der Waals surface area contributed by atoms with Crippen LogP contribution in [0.4, 0.5) is 0 Å². The number of aromatic nitrogens is 3. The normalized spacial score (nSPS) is 15.8. The lowest BCUT2D eigenvalue weighted by Gasteiger charge is -2.19. The number of imidazole rings is 1. The summed E-state index contributed by atoms with van der Waals surface area (Å²) >= 11 is 0. The Bertz CT molecular complexity index is 1400. The second kappa shape index (κ2) is 9.74. The highest BCUT2D eigenvalue weighted by Crippen LogP contribution is 2.28. The molecule has 36 heavy (non-hydrogen) atoms. The minimum Gasteiger partial charge on any atom is -0.457 e. The highest BCUT2D eigenvalue weighted by atomic mass is 16.5. The summed E-state index contributed by atoms with van der Waals surface area (Å²) in [5.41, 5.74) is 4.93. The fourth-order valence-electron chi connectivity index (χ4n) is 4.55. The molecule has 0 unspecified atom stereocenters. The Morgan fingerprint density at radius 2 is 1.97 bits per heavy atom. The molecule has 4 aromatic rings. The molecule has 186 valence electrons. The molecule has 5 rings (SSSR count). The average molecular weight is 484 g/mol. The topological polar surface area (TPSA) is 81.1 Å². The Balaban J connectivity index is 1.33. The Morgan fingerprint density at radius 1 is 1.14 bits per heavy atom. The second-order valence-electron chi connectivity index (χ2n) is 10.5. The Morgan fingerprint density at radius 3 is 2.75 bits per heavy atom. The number of carbonyl (C=O) groups excluding carboxylic acids is 1. The van der Waals surface area contributed by atoms with Crippen LogP contribution in [0, 0.1) is 0 Å². The van der Waals surface area contributed by atoms with Gasteiger partial charge in [-0.2, -0.15) is 0 Å². The van der Waals surface area contributed by atoms with Gasteiger partial charge in [0.05, 0.1) is 11.0 Å². The molecule has 1 aliphatic heterocycles. The van der Waals surface area contributed by atoms with Gasteiger partial charge in [0.1, 0.15) is 23.0 Å². The summed E-state index contributed by atoms with van der Waals surface area (Å²) in [6.45, 7) is 8.40. The molecule has 1 aliphatic rings. The van der Waals surface area contributed by atoms with Gasteiger partial charge in [0.25, 0.3) is 5.91 Å². The smallest absolute Gasteiger partial charge is 0.270 e. The Labute approximate surface area is 211 Å². The van der Waals surface area contributed by atoms with E-state index in [0.717, 1.165) is 42.8 Å². The number of fused-ring (bicyclic) bond motifs is 1. The van der Waals surface area contributed by atoms with Crippen LogP contribution >= 0.6 is 0 Å². The lowest BCUT2D eigenvalue weighted by Crippen LogP contribution is -2.36. The maximum Gasteiger partial charge on any atom is 0.270 e. The maximum atomic E-state index is 12.6. The Hall–Kier alpha value is -3.71. The lowest BCUT2D eigenvalue weighted by atomic mass is 9.86. The monoisotopic (exact) mass is 483 g/mol. The molecule has 2 aromatic carbocycles. The first-order chi connectivity index (χ1) is 17.3. The highest BCUT2D eigenvalue weighted by molar-refractivity contribution is 5.92. The third kappa shape index (κ3) is 5.26. The number of hydrogen-bond acceptors (Lipinski definition) is 5. The predicted octanol–water partition coefficient (Wildman–Crippen LogP) is 4.74. The fourth-order valence-corrected chi connectivity index (χ4v) is 4.55. The molecule has 1 amide bonds. The van der Waals surface area contributed by atoms with E-state index in [1.54, 1.807) is 18.3 Å². The van der Waals surface area contributed by atoms with E-state index < -0.39 is 0 Å². The summed E-state index contributed by atoms with van der Waals surface area (Å²) in [4.78, 5) is 21.7. The molecule has 0 spiro atoms. The van der Waals surface area contributed by atoms with Gasteiger partial charge in [0, 0.05) is 44.4 Å². The first-order valence-corrected chi connectivity index (χ1v) is 12.5. The fraction of sp³-hybridized carbons (Fsp3) is 0.345. The molecule has 1 atom stereocenters. The van der Waals surface area contributed by atoms with Gasteiger partial charge in [-0.15, -0.1) is 0 Å². The van der Waals surface area contributed by atoms with E-state index in [-0.39, 0.29) is 17.4 Å². The van der Waals surface area contributed by atoms with Crippen LogP contribution in [0.2, 0.25) is 0 Å². The molecule has 7 heteroatoms. The van der Waals surface area contributed by atoms with E-state index in [2.05, 4.69) is 65.2 Å². The van der Waals surface area contributed by atoms with Gasteiger partial charge in [-0.05, 0) is 47.7 Å². The van der Waals surface area contributed by atoms with Crippen LogP contribution in [-0.2, 0) is 18.9 Å². The van der Waals surface area contributed by atoms with Gasteiger partial charge in [0.15, 0.2) is 0 Å². The summed E-state index contributed by atoms with van der Waals surface area (Å²) in [5.74, 6) is 2.04. The van der Waals surface area contributed by atoms with E-state index in [1.807, 2.05) is 25.2 Å². The maximum absolute atomic E-state index is 12.6. The quantitative estimate of drug-likeness (QED) is 0.414. The zero-order valence-electron chi connectivity index (χ0n) is 21.3. The van der Waals surface area contributed by atoms with Crippen molar-refractivity contribution in [2.24, 2.45) is 7.05 Å². The van der Waals surface area contributed by atoms with Crippen molar-refractivity contribution < 1.29 is 9.53 Å². The molecular formula is C29H33N5O2. The van der Waals surface area contributed by atoms with Crippen LogP contribution in [0.3, 0.4) is 0 Å². The van der Waals surface area contributed by atoms with E-state index in [1.165, 1.54) is 11.1 Å². The van der Waals surface area contributed by atoms with Crippen LogP contribution in [0.15, 0.2) is 60.8 Å². The van der Waals surface area contributed by atoms with Crippen molar-refractivity contribution in [3.8, 4) is 11.5 Å². The SMILES string of the molecule is Cn1c(Cc2cccc(C(C)(C)C)c2)nc2cc(Oc3ccnc(C(=O)N[C@@H]4CCNC4)c3)ccc21. The number of nitrogens with zero attached hydrogens (tertiary/aromatic N) is 3. The van der Waals surface area contributed by atoms with E-state index in [0.29, 0.717) is 17.2 Å². The van der Waals surface area contributed by atoms with Crippen molar-refractivity contribution in [3.63, 3.8) is 0 Å². The average Bonchev–Trinajstić information content (AvgIpc) is 3.46. The van der Waals surface area contributed by atoms with Crippen LogP contribution in [0.25, 0.3) is 11.0 Å². The molecule has 0 radical (unpaired) electrons. The minimum absolute atomic E-state index is 0.107. The number of rotatable bonds is 6. The molecule has 0 aliphatic carbocycles. The second-order valence-corrected chi connectivity index (χ2v) is 10.5. The van der Waals surface area contributed by atoms with Crippen molar-refractivity contribution in [1.82, 2.24) is 25.2 Å². The van der Waals surface area contributed by atoms with Crippen LogP contribution in [0.5, 0.6) is 11.5 Å². The molecule has 7 nitrogen and oxygen atoms in total. The van der Waals surface area contributed by atoms with Gasteiger partial charge >= 0.3 is 0 Å². The number of aryl methyl sites for hydroxylation is 1. The first-order valence-electron chi connectivity index (χ1n) is 12.5. The van der Waals surface area contributed by atoms with Gasteiger partial charge in [-0.25, -0.2) is 4.98 Å². The number of pyridine rings is 1. The molecular weight excluding hydrogens is 450 g/mol. The zero-order valence-corrected chi connectivity index (χ0v) is 21.3. The van der Waals surface area contributed by atoms with Crippen molar-refractivity contribution in [2.75, 3.05) is 13.1 Å². The molecule has 0 saturated carbocycles. The molecule has 3 heterocycles. The standard InChI is InChI=1S/C29H33N5O2/c1-29(2,3)20-7-5-6-19(14-20)15-27-33-24-16-22(8-9-26(24)34(27)4)36-23-11-13-31-25(17-23)28(35)32-21-10-12-30-18-21/h5-9,11,13-14,16-17,21,30H,10,12,15,18H2,1-4H3,(H,32,35)/t21-/m1/s1. The van der Waals surface area contributed by atoms with Gasteiger partial charge in [-0.3, -0.25) is 9.78 Å². The summed E-state index contributed by atoms with van der Waals surface area (Å²) in [7, 11) is 2.05. The predicted molar refractivity (Wildman–Crippen MR) is 142 cm³/mol. The lowest BCUT2D eigenvalue weighted by molar-refractivity contribution is 0.0934. The summed E-state index contributed by atoms with van der Waals surface area (Å²) in [6, 6.07) is 18.2. The third-order valence-corrected chi connectivity index (χ3v) is 6.70. The van der Waals surface area contributed by atoms with Crippen LogP contribution in [0.1, 0.15) is 54.6 Å². The largest absolute Gasteiger partial charge is 0.457 e. The number of hydrogen-bond donors (Lipinski definition) is 2. The van der Waals surface area contributed by atoms with Crippen LogP contribution < -0.4 is 15.4 Å². The molecule has 0 bridgehead atoms. The summed E-state index contributed by atoms with van der Waals surface area (Å²) in [6.07, 6.45) is 3.28. The van der Waals surface area contributed by atoms with E-state index >= 15 is 0 Å². The van der Waals surface area contributed by atoms with Gasteiger partial charge in [0.2, 0.25) is 0 Å². The van der Waals surface area contributed by atoms with Crippen LogP contribution in [-0.4, -0.2) is 39.6 Å². The number of carbonyl (C=O) groups is 1.